The minimum absolute atomic E-state index is 0.262. The lowest BCUT2D eigenvalue weighted by atomic mass is 10.2. The topological polar surface area (TPSA) is 41.5 Å². The van der Waals surface area contributed by atoms with E-state index in [0.29, 0.717) is 11.6 Å². The van der Waals surface area contributed by atoms with E-state index in [1.807, 2.05) is 13.0 Å². The van der Waals surface area contributed by atoms with Crippen LogP contribution in [0.4, 0.5) is 0 Å². The van der Waals surface area contributed by atoms with Crippen LogP contribution in [0.15, 0.2) is 18.2 Å². The summed E-state index contributed by atoms with van der Waals surface area (Å²) >= 11 is 5.94. The van der Waals surface area contributed by atoms with Crippen molar-refractivity contribution in [3.05, 3.63) is 28.8 Å². The number of hydrogen-bond donors (Lipinski definition) is 2. The van der Waals surface area contributed by atoms with Crippen molar-refractivity contribution in [1.29, 1.82) is 0 Å². The molecule has 0 saturated heterocycles. The van der Waals surface area contributed by atoms with Gasteiger partial charge in [0.25, 0.3) is 0 Å². The second-order valence-electron chi connectivity index (χ2n) is 4.74. The largest absolute Gasteiger partial charge is 0.491 e. The zero-order valence-electron chi connectivity index (χ0n) is 11.9. The summed E-state index contributed by atoms with van der Waals surface area (Å²) in [5.74, 6) is 3.33. The third kappa shape index (κ3) is 6.81. The lowest BCUT2D eigenvalue weighted by molar-refractivity contribution is 0.106. The van der Waals surface area contributed by atoms with Crippen LogP contribution in [0.25, 0.3) is 0 Å². The van der Waals surface area contributed by atoms with Crippen molar-refractivity contribution in [1.82, 2.24) is 5.32 Å². The van der Waals surface area contributed by atoms with Crippen molar-refractivity contribution in [2.24, 2.45) is 0 Å². The molecule has 110 valence electrons. The highest BCUT2D eigenvalue weighted by atomic mass is 35.5. The molecular weight excluding hydrogens is 274 g/mol. The van der Waals surface area contributed by atoms with Gasteiger partial charge in [-0.25, -0.2) is 0 Å². The summed E-state index contributed by atoms with van der Waals surface area (Å²) < 4.78 is 5.52. The molecular formula is C16H22ClNO2. The number of halogens is 1. The molecule has 0 fully saturated rings. The van der Waals surface area contributed by atoms with Gasteiger partial charge in [0.15, 0.2) is 0 Å². The van der Waals surface area contributed by atoms with E-state index < -0.39 is 6.10 Å². The van der Waals surface area contributed by atoms with Gasteiger partial charge in [0.1, 0.15) is 18.5 Å². The van der Waals surface area contributed by atoms with Crippen LogP contribution in [0.5, 0.6) is 5.75 Å². The average molecular weight is 296 g/mol. The molecule has 1 rings (SSSR count). The van der Waals surface area contributed by atoms with Gasteiger partial charge in [-0.3, -0.25) is 0 Å². The predicted octanol–water partition coefficient (Wildman–Crippen LogP) is 2.78. The molecule has 1 aromatic rings. The molecule has 0 amide bonds. The molecule has 0 saturated carbocycles. The first kappa shape index (κ1) is 16.8. The van der Waals surface area contributed by atoms with Crippen LogP contribution in [0.2, 0.25) is 5.02 Å². The molecule has 0 heterocycles. The maximum atomic E-state index is 9.79. The quantitative estimate of drug-likeness (QED) is 0.544. The van der Waals surface area contributed by atoms with Gasteiger partial charge < -0.3 is 15.2 Å². The summed E-state index contributed by atoms with van der Waals surface area (Å²) in [5, 5.41) is 13.7. The maximum Gasteiger partial charge on any atom is 0.119 e. The first-order chi connectivity index (χ1) is 9.63. The number of aliphatic hydroxyl groups excluding tert-OH is 1. The summed E-state index contributed by atoms with van der Waals surface area (Å²) in [6.45, 7) is 3.56. The monoisotopic (exact) mass is 295 g/mol. The SMILES string of the molecule is C#CCCCCNCC(O)COc1ccc(Cl)c(C)c1. The van der Waals surface area contributed by atoms with Gasteiger partial charge in [-0.15, -0.1) is 12.3 Å². The molecule has 0 aliphatic carbocycles. The van der Waals surface area contributed by atoms with E-state index in [9.17, 15) is 5.11 Å². The Morgan fingerprint density at radius 2 is 2.25 bits per heavy atom. The smallest absolute Gasteiger partial charge is 0.119 e. The Hall–Kier alpha value is -1.21. The summed E-state index contributed by atoms with van der Waals surface area (Å²) in [7, 11) is 0. The number of aliphatic hydroxyl groups is 1. The zero-order valence-corrected chi connectivity index (χ0v) is 12.6. The minimum atomic E-state index is -0.529. The minimum Gasteiger partial charge on any atom is -0.491 e. The standard InChI is InChI=1S/C16H22ClNO2/c1-3-4-5-6-9-18-11-14(19)12-20-15-7-8-16(17)13(2)10-15/h1,7-8,10,14,18-19H,4-6,9,11-12H2,2H3. The summed E-state index contributed by atoms with van der Waals surface area (Å²) in [4.78, 5) is 0. The van der Waals surface area contributed by atoms with Gasteiger partial charge in [0.2, 0.25) is 0 Å². The number of rotatable bonds is 9. The van der Waals surface area contributed by atoms with Crippen molar-refractivity contribution in [2.75, 3.05) is 19.7 Å². The zero-order chi connectivity index (χ0) is 14.8. The lowest BCUT2D eigenvalue weighted by Gasteiger charge is -2.13. The molecule has 0 aliphatic rings. The van der Waals surface area contributed by atoms with E-state index in [4.69, 9.17) is 22.8 Å². The molecule has 3 nitrogen and oxygen atoms in total. The van der Waals surface area contributed by atoms with Gasteiger partial charge in [-0.2, -0.15) is 0 Å². The van der Waals surface area contributed by atoms with Crippen molar-refractivity contribution in [2.45, 2.75) is 32.3 Å². The average Bonchev–Trinajstić information content (AvgIpc) is 2.44. The Morgan fingerprint density at radius 3 is 2.95 bits per heavy atom. The number of nitrogens with one attached hydrogen (secondary N) is 1. The van der Waals surface area contributed by atoms with Gasteiger partial charge in [0.05, 0.1) is 0 Å². The highest BCUT2D eigenvalue weighted by molar-refractivity contribution is 6.31. The summed E-state index contributed by atoms with van der Waals surface area (Å²) in [6.07, 6.45) is 7.49. The van der Waals surface area contributed by atoms with Gasteiger partial charge in [-0.05, 0) is 50.1 Å². The number of unbranched alkanes of at least 4 members (excludes halogenated alkanes) is 2. The number of terminal acetylenes is 1. The number of ether oxygens (including phenoxy) is 1. The van der Waals surface area contributed by atoms with Gasteiger partial charge in [0, 0.05) is 18.0 Å². The summed E-state index contributed by atoms with van der Waals surface area (Å²) in [5.41, 5.74) is 0.963. The Balaban J connectivity index is 2.15. The fraction of sp³-hybridized carbons (Fsp3) is 0.500. The molecule has 2 N–H and O–H groups in total. The predicted molar refractivity (Wildman–Crippen MR) is 83.2 cm³/mol. The number of hydrogen-bond acceptors (Lipinski definition) is 3. The summed E-state index contributed by atoms with van der Waals surface area (Å²) in [6, 6.07) is 5.46. The molecule has 0 aliphatic heterocycles. The maximum absolute atomic E-state index is 9.79. The molecule has 0 aromatic heterocycles. The molecule has 0 bridgehead atoms. The fourth-order valence-corrected chi connectivity index (χ4v) is 1.82. The fourth-order valence-electron chi connectivity index (χ4n) is 1.70. The van der Waals surface area contributed by atoms with Crippen LogP contribution in [0, 0.1) is 19.3 Å². The highest BCUT2D eigenvalue weighted by Crippen LogP contribution is 2.20. The third-order valence-corrected chi connectivity index (χ3v) is 3.30. The molecule has 1 atom stereocenters. The van der Waals surface area contributed by atoms with Crippen LogP contribution in [-0.2, 0) is 0 Å². The molecule has 4 heteroatoms. The second kappa shape index (κ2) is 9.66. The molecule has 0 radical (unpaired) electrons. The molecule has 0 spiro atoms. The molecule has 1 unspecified atom stereocenters. The Kier molecular flexibility index (Phi) is 8.13. The highest BCUT2D eigenvalue weighted by Gasteiger charge is 2.05. The first-order valence-electron chi connectivity index (χ1n) is 6.84. The van der Waals surface area contributed by atoms with Gasteiger partial charge in [-0.1, -0.05) is 11.6 Å². The van der Waals surface area contributed by atoms with Crippen molar-refractivity contribution in [3.8, 4) is 18.1 Å². The third-order valence-electron chi connectivity index (χ3n) is 2.88. The van der Waals surface area contributed by atoms with Crippen molar-refractivity contribution < 1.29 is 9.84 Å². The Bertz CT molecular complexity index is 443. The van der Waals surface area contributed by atoms with E-state index in [2.05, 4.69) is 11.2 Å². The number of aryl methyl sites for hydroxylation is 1. The first-order valence-corrected chi connectivity index (χ1v) is 7.22. The van der Waals surface area contributed by atoms with E-state index in [1.165, 1.54) is 0 Å². The van der Waals surface area contributed by atoms with Crippen LogP contribution in [-0.4, -0.2) is 30.9 Å². The lowest BCUT2D eigenvalue weighted by Crippen LogP contribution is -2.32. The normalized spacial score (nSPS) is 11.9. The van der Waals surface area contributed by atoms with Crippen LogP contribution in [0.1, 0.15) is 24.8 Å². The Morgan fingerprint density at radius 1 is 1.45 bits per heavy atom. The van der Waals surface area contributed by atoms with Crippen molar-refractivity contribution >= 4 is 11.6 Å². The van der Waals surface area contributed by atoms with E-state index >= 15 is 0 Å². The number of benzene rings is 1. The van der Waals surface area contributed by atoms with Crippen LogP contribution < -0.4 is 10.1 Å². The Labute approximate surface area is 126 Å². The van der Waals surface area contributed by atoms with Crippen LogP contribution in [0.3, 0.4) is 0 Å². The van der Waals surface area contributed by atoms with E-state index in [-0.39, 0.29) is 6.61 Å². The molecule has 20 heavy (non-hydrogen) atoms. The van der Waals surface area contributed by atoms with E-state index in [1.54, 1.807) is 12.1 Å². The van der Waals surface area contributed by atoms with Gasteiger partial charge >= 0.3 is 0 Å². The van der Waals surface area contributed by atoms with Crippen molar-refractivity contribution in [3.63, 3.8) is 0 Å². The molecule has 1 aromatic carbocycles. The second-order valence-corrected chi connectivity index (χ2v) is 5.15. The van der Waals surface area contributed by atoms with Crippen LogP contribution >= 0.6 is 11.6 Å². The van der Waals surface area contributed by atoms with E-state index in [0.717, 1.165) is 37.1 Å².